The molecular formula is C36H53N3O6S. The van der Waals surface area contributed by atoms with Crippen LogP contribution in [0.15, 0.2) is 48.5 Å². The summed E-state index contributed by atoms with van der Waals surface area (Å²) in [5.74, 6) is -1.69. The van der Waals surface area contributed by atoms with Crippen LogP contribution in [0.2, 0.25) is 0 Å². The third-order valence-electron chi connectivity index (χ3n) is 7.28. The Bertz CT molecular complexity index is 1340. The minimum atomic E-state index is -1.16. The summed E-state index contributed by atoms with van der Waals surface area (Å²) in [4.78, 5) is 56.9. The molecule has 0 aromatic heterocycles. The second-order valence-corrected chi connectivity index (χ2v) is 14.7. The van der Waals surface area contributed by atoms with Gasteiger partial charge in [-0.15, -0.1) is 0 Å². The zero-order valence-electron chi connectivity index (χ0n) is 29.3. The molecule has 2 rings (SSSR count). The molecule has 46 heavy (non-hydrogen) atoms. The Labute approximate surface area is 280 Å². The van der Waals surface area contributed by atoms with Crippen molar-refractivity contribution in [3.8, 4) is 0 Å². The summed E-state index contributed by atoms with van der Waals surface area (Å²) in [6, 6.07) is 11.8. The Balaban J connectivity index is 2.70. The Hall–Kier alpha value is -3.53. The van der Waals surface area contributed by atoms with E-state index in [9.17, 15) is 19.2 Å². The number of esters is 1. The van der Waals surface area contributed by atoms with Crippen molar-refractivity contribution in [3.05, 3.63) is 70.8 Å². The largest absolute Gasteiger partial charge is 0.458 e. The van der Waals surface area contributed by atoms with Gasteiger partial charge in [0, 0.05) is 17.7 Å². The molecule has 2 N–H and O–H groups in total. The van der Waals surface area contributed by atoms with Crippen LogP contribution < -0.4 is 10.6 Å². The van der Waals surface area contributed by atoms with Crippen molar-refractivity contribution in [2.24, 2.45) is 0 Å². The van der Waals surface area contributed by atoms with E-state index < -0.39 is 58.7 Å². The van der Waals surface area contributed by atoms with Gasteiger partial charge in [-0.2, -0.15) is 12.6 Å². The molecule has 9 nitrogen and oxygen atoms in total. The van der Waals surface area contributed by atoms with Gasteiger partial charge in [-0.25, -0.2) is 9.59 Å². The predicted molar refractivity (Wildman–Crippen MR) is 185 cm³/mol. The fourth-order valence-corrected chi connectivity index (χ4v) is 5.25. The van der Waals surface area contributed by atoms with Gasteiger partial charge in [-0.1, -0.05) is 66.6 Å². The topological polar surface area (TPSA) is 114 Å². The summed E-state index contributed by atoms with van der Waals surface area (Å²) in [6.45, 7) is 20.0. The van der Waals surface area contributed by atoms with Crippen LogP contribution in [0.4, 0.5) is 4.79 Å². The molecule has 0 saturated carbocycles. The Kier molecular flexibility index (Phi) is 13.3. The van der Waals surface area contributed by atoms with Crippen molar-refractivity contribution in [3.63, 3.8) is 0 Å². The monoisotopic (exact) mass is 655 g/mol. The first-order chi connectivity index (χ1) is 21.2. The molecule has 0 aliphatic carbocycles. The number of ether oxygens (including phenoxy) is 2. The van der Waals surface area contributed by atoms with Crippen LogP contribution in [0.5, 0.6) is 0 Å². The minimum absolute atomic E-state index is 0.0376. The molecule has 3 unspecified atom stereocenters. The normalized spacial score (nSPS) is 14.0. The van der Waals surface area contributed by atoms with Crippen LogP contribution in [-0.2, 0) is 30.3 Å². The molecule has 0 bridgehead atoms. The molecule has 0 heterocycles. The smallest absolute Gasteiger partial charge is 0.408 e. The first-order valence-electron chi connectivity index (χ1n) is 15.8. The van der Waals surface area contributed by atoms with Crippen molar-refractivity contribution in [1.82, 2.24) is 15.5 Å². The molecule has 0 spiro atoms. The highest BCUT2D eigenvalue weighted by atomic mass is 32.1. The molecule has 0 aliphatic heterocycles. The lowest BCUT2D eigenvalue weighted by molar-refractivity contribution is -0.159. The lowest BCUT2D eigenvalue weighted by atomic mass is 9.90. The first kappa shape index (κ1) is 38.7. The number of alkyl carbamates (subject to hydrolysis) is 1. The molecule has 10 heteroatoms. The molecule has 2 aromatic rings. The van der Waals surface area contributed by atoms with Crippen LogP contribution in [0.25, 0.3) is 0 Å². The molecular weight excluding hydrogens is 602 g/mol. The molecule has 0 fully saturated rings. The van der Waals surface area contributed by atoms with E-state index in [0.29, 0.717) is 12.0 Å². The van der Waals surface area contributed by atoms with E-state index >= 15 is 0 Å². The number of aryl methyl sites for hydroxylation is 2. The number of rotatable bonds is 12. The highest BCUT2D eigenvalue weighted by molar-refractivity contribution is 7.80. The van der Waals surface area contributed by atoms with Crippen LogP contribution in [0, 0.1) is 13.8 Å². The molecule has 0 aliphatic rings. The fourth-order valence-electron chi connectivity index (χ4n) is 5.00. The van der Waals surface area contributed by atoms with Crippen LogP contribution in [0.1, 0.15) is 97.0 Å². The number of hydrogen-bond acceptors (Lipinski definition) is 7. The van der Waals surface area contributed by atoms with Crippen molar-refractivity contribution < 1.29 is 28.7 Å². The van der Waals surface area contributed by atoms with E-state index in [1.54, 1.807) is 41.5 Å². The molecule has 3 amide bonds. The van der Waals surface area contributed by atoms with Crippen LogP contribution >= 0.6 is 12.6 Å². The van der Waals surface area contributed by atoms with Gasteiger partial charge in [0.2, 0.25) is 11.8 Å². The maximum atomic E-state index is 14.6. The number of carbonyl (C=O) groups excluding carboxylic acids is 4. The summed E-state index contributed by atoms with van der Waals surface area (Å²) in [5, 5.41) is 5.60. The lowest BCUT2D eigenvalue weighted by Crippen LogP contribution is -2.60. The van der Waals surface area contributed by atoms with E-state index in [2.05, 4.69) is 23.3 Å². The van der Waals surface area contributed by atoms with Crippen molar-refractivity contribution in [2.75, 3.05) is 5.75 Å². The lowest BCUT2D eigenvalue weighted by Gasteiger charge is -2.45. The van der Waals surface area contributed by atoms with Gasteiger partial charge in [0.25, 0.3) is 0 Å². The quantitative estimate of drug-likeness (QED) is 0.184. The predicted octanol–water partition coefficient (Wildman–Crippen LogP) is 6.25. The number of hydrogen-bond donors (Lipinski definition) is 3. The van der Waals surface area contributed by atoms with Crippen molar-refractivity contribution in [2.45, 2.75) is 124 Å². The average Bonchev–Trinajstić information content (AvgIpc) is 2.91. The standard InChI is InChI=1S/C36H53N3O6S/c1-12-36(10,11)39(31(41)28(22-46)38-33(43)45-35(7,8)9)29(26-19-23(2)18-24(3)20-26)30(40)37-27(32(42)44-34(4,5)6)21-25-16-14-13-15-17-25/h13-20,27-29,46H,12,21-22H2,1-11H3,(H,37,40)(H,38,43). The zero-order valence-corrected chi connectivity index (χ0v) is 30.2. The number of thiol groups is 1. The van der Waals surface area contributed by atoms with E-state index in [1.165, 1.54) is 4.90 Å². The van der Waals surface area contributed by atoms with E-state index in [-0.39, 0.29) is 12.2 Å². The van der Waals surface area contributed by atoms with Gasteiger partial charge < -0.3 is 25.0 Å². The fraction of sp³-hybridized carbons (Fsp3) is 0.556. The number of carbonyl (C=O) groups is 4. The second kappa shape index (κ2) is 15.8. The van der Waals surface area contributed by atoms with E-state index in [1.807, 2.05) is 83.1 Å². The SMILES string of the molecule is CCC(C)(C)N(C(=O)C(CS)NC(=O)OC(C)(C)C)C(C(=O)NC(Cc1ccccc1)C(=O)OC(C)(C)C)c1cc(C)cc(C)c1. The summed E-state index contributed by atoms with van der Waals surface area (Å²) in [6.07, 6.45) is -0.0982. The number of nitrogens with one attached hydrogen (secondary N) is 2. The Morgan fingerprint density at radius 3 is 1.83 bits per heavy atom. The molecule has 3 atom stereocenters. The third-order valence-corrected chi connectivity index (χ3v) is 7.65. The molecule has 254 valence electrons. The highest BCUT2D eigenvalue weighted by Crippen LogP contribution is 2.33. The second-order valence-electron chi connectivity index (χ2n) is 14.4. The van der Waals surface area contributed by atoms with Gasteiger partial charge >= 0.3 is 12.1 Å². The van der Waals surface area contributed by atoms with Gasteiger partial charge in [0.15, 0.2) is 0 Å². The molecule has 0 saturated heterocycles. The van der Waals surface area contributed by atoms with Gasteiger partial charge in [0.05, 0.1) is 0 Å². The number of nitrogens with zero attached hydrogens (tertiary/aromatic N) is 1. The van der Waals surface area contributed by atoms with Gasteiger partial charge in [-0.05, 0) is 86.8 Å². The summed E-state index contributed by atoms with van der Waals surface area (Å²) in [7, 11) is 0. The van der Waals surface area contributed by atoms with Crippen LogP contribution in [0.3, 0.4) is 0 Å². The van der Waals surface area contributed by atoms with Gasteiger partial charge in [0.1, 0.15) is 29.3 Å². The van der Waals surface area contributed by atoms with Crippen molar-refractivity contribution in [1.29, 1.82) is 0 Å². The molecule has 0 radical (unpaired) electrons. The maximum absolute atomic E-state index is 14.6. The zero-order chi connectivity index (χ0) is 35.0. The van der Waals surface area contributed by atoms with E-state index in [4.69, 9.17) is 9.47 Å². The average molecular weight is 656 g/mol. The third kappa shape index (κ3) is 11.7. The van der Waals surface area contributed by atoms with Crippen molar-refractivity contribution >= 4 is 36.5 Å². The summed E-state index contributed by atoms with van der Waals surface area (Å²) in [5.41, 5.74) is 0.772. The number of benzene rings is 2. The summed E-state index contributed by atoms with van der Waals surface area (Å²) >= 11 is 4.40. The Morgan fingerprint density at radius 2 is 1.35 bits per heavy atom. The Morgan fingerprint density at radius 1 is 0.804 bits per heavy atom. The molecule has 2 aromatic carbocycles. The van der Waals surface area contributed by atoms with Crippen LogP contribution in [-0.4, -0.2) is 63.4 Å². The van der Waals surface area contributed by atoms with Gasteiger partial charge in [-0.3, -0.25) is 9.59 Å². The number of amides is 3. The first-order valence-corrected chi connectivity index (χ1v) is 16.4. The summed E-state index contributed by atoms with van der Waals surface area (Å²) < 4.78 is 11.2. The minimum Gasteiger partial charge on any atom is -0.458 e. The maximum Gasteiger partial charge on any atom is 0.408 e. The highest BCUT2D eigenvalue weighted by Gasteiger charge is 2.44. The van der Waals surface area contributed by atoms with E-state index in [0.717, 1.165) is 16.7 Å².